The van der Waals surface area contributed by atoms with Crippen LogP contribution in [-0.2, 0) is 24.2 Å². The van der Waals surface area contributed by atoms with Crippen LogP contribution < -0.4 is 5.56 Å². The number of rotatable bonds is 4. The molecule has 0 bridgehead atoms. The van der Waals surface area contributed by atoms with Crippen molar-refractivity contribution in [3.63, 3.8) is 0 Å². The Morgan fingerprint density at radius 3 is 2.82 bits per heavy atom. The fraction of sp³-hybridized carbons (Fsp3) is 0.429. The minimum atomic E-state index is -0.371. The smallest absolute Gasteiger partial charge is 0.254 e. The van der Waals surface area contributed by atoms with Gasteiger partial charge in [0.1, 0.15) is 11.9 Å². The van der Waals surface area contributed by atoms with Gasteiger partial charge >= 0.3 is 0 Å². The van der Waals surface area contributed by atoms with Crippen LogP contribution in [0.4, 0.5) is 0 Å². The first-order valence-corrected chi connectivity index (χ1v) is 9.75. The van der Waals surface area contributed by atoms with Gasteiger partial charge in [-0.1, -0.05) is 26.0 Å². The molecule has 0 unspecified atom stereocenters. The van der Waals surface area contributed by atoms with E-state index in [1.807, 2.05) is 31.2 Å². The lowest BCUT2D eigenvalue weighted by Crippen LogP contribution is -2.42. The van der Waals surface area contributed by atoms with E-state index in [4.69, 9.17) is 4.98 Å². The molecule has 0 saturated heterocycles. The Morgan fingerprint density at radius 2 is 2.04 bits per heavy atom. The molecule has 0 radical (unpaired) electrons. The van der Waals surface area contributed by atoms with Gasteiger partial charge in [-0.05, 0) is 31.4 Å². The standard InChI is InChI=1S/C21H25N5O2/c1-13(2)10-19-24-16-6-4-5-7-18(16)26(19)14(3)21(28)25-9-8-15-17(11-25)22-12-23-20(15)27/h4-7,12-14H,8-11H2,1-3H3,(H,22,23,27)/t14-/m1/s1. The Hall–Kier alpha value is -2.96. The number of aromatic amines is 1. The number of nitrogens with zero attached hydrogens (tertiary/aromatic N) is 4. The summed E-state index contributed by atoms with van der Waals surface area (Å²) in [6, 6.07) is 7.58. The quantitative estimate of drug-likeness (QED) is 0.755. The van der Waals surface area contributed by atoms with Gasteiger partial charge in [-0.25, -0.2) is 9.97 Å². The maximum atomic E-state index is 13.3. The van der Waals surface area contributed by atoms with Gasteiger partial charge < -0.3 is 14.5 Å². The lowest BCUT2D eigenvalue weighted by atomic mass is 10.1. The Kier molecular flexibility index (Phi) is 4.75. The van der Waals surface area contributed by atoms with Crippen LogP contribution in [0.1, 0.15) is 43.9 Å². The molecule has 1 amide bonds. The number of fused-ring (bicyclic) bond motifs is 2. The van der Waals surface area contributed by atoms with E-state index >= 15 is 0 Å². The molecular weight excluding hydrogens is 354 g/mol. The van der Waals surface area contributed by atoms with Gasteiger partial charge in [0.2, 0.25) is 5.91 Å². The number of hydrogen-bond donors (Lipinski definition) is 1. The van der Waals surface area contributed by atoms with Crippen molar-refractivity contribution in [1.29, 1.82) is 0 Å². The van der Waals surface area contributed by atoms with Crippen molar-refractivity contribution < 1.29 is 4.79 Å². The summed E-state index contributed by atoms with van der Waals surface area (Å²) >= 11 is 0. The first-order chi connectivity index (χ1) is 13.5. The van der Waals surface area contributed by atoms with Crippen LogP contribution in [0.15, 0.2) is 35.4 Å². The zero-order valence-electron chi connectivity index (χ0n) is 16.5. The van der Waals surface area contributed by atoms with Crippen LogP contribution in [0.5, 0.6) is 0 Å². The van der Waals surface area contributed by atoms with Gasteiger partial charge in [0.15, 0.2) is 0 Å². The minimum absolute atomic E-state index is 0.0286. The number of benzene rings is 1. The van der Waals surface area contributed by atoms with Gasteiger partial charge in [-0.3, -0.25) is 9.59 Å². The van der Waals surface area contributed by atoms with Crippen LogP contribution in [-0.4, -0.2) is 36.9 Å². The summed E-state index contributed by atoms with van der Waals surface area (Å²) in [6.45, 7) is 7.13. The van der Waals surface area contributed by atoms with E-state index in [-0.39, 0.29) is 17.5 Å². The van der Waals surface area contributed by atoms with E-state index in [1.165, 1.54) is 6.33 Å². The molecule has 1 N–H and O–H groups in total. The highest BCUT2D eigenvalue weighted by molar-refractivity contribution is 5.84. The summed E-state index contributed by atoms with van der Waals surface area (Å²) in [7, 11) is 0. The lowest BCUT2D eigenvalue weighted by Gasteiger charge is -2.30. The van der Waals surface area contributed by atoms with Gasteiger partial charge in [-0.15, -0.1) is 0 Å². The topological polar surface area (TPSA) is 83.9 Å². The normalized spacial score (nSPS) is 15.1. The van der Waals surface area contributed by atoms with E-state index in [9.17, 15) is 9.59 Å². The van der Waals surface area contributed by atoms with Crippen LogP contribution in [0.3, 0.4) is 0 Å². The molecule has 0 spiro atoms. The Bertz CT molecular complexity index is 1080. The van der Waals surface area contributed by atoms with Crippen molar-refractivity contribution in [2.75, 3.05) is 6.54 Å². The summed E-state index contributed by atoms with van der Waals surface area (Å²) in [6.07, 6.45) is 2.75. The second-order valence-corrected chi connectivity index (χ2v) is 7.83. The summed E-state index contributed by atoms with van der Waals surface area (Å²) in [4.78, 5) is 38.7. The maximum absolute atomic E-state index is 13.3. The fourth-order valence-electron chi connectivity index (χ4n) is 3.96. The molecule has 2 aromatic heterocycles. The zero-order valence-corrected chi connectivity index (χ0v) is 16.5. The van der Waals surface area contributed by atoms with Gasteiger partial charge in [0, 0.05) is 18.5 Å². The number of H-pyrrole nitrogens is 1. The number of hydrogen-bond acceptors (Lipinski definition) is 4. The molecule has 1 aromatic carbocycles. The van der Waals surface area contributed by atoms with Gasteiger partial charge in [0.05, 0.1) is 29.6 Å². The second kappa shape index (κ2) is 7.22. The average Bonchev–Trinajstić information content (AvgIpc) is 3.03. The van der Waals surface area contributed by atoms with E-state index < -0.39 is 0 Å². The van der Waals surface area contributed by atoms with Crippen molar-refractivity contribution in [2.24, 2.45) is 5.92 Å². The molecule has 28 heavy (non-hydrogen) atoms. The first-order valence-electron chi connectivity index (χ1n) is 9.75. The third-order valence-electron chi connectivity index (χ3n) is 5.33. The van der Waals surface area contributed by atoms with Crippen molar-refractivity contribution in [3.8, 4) is 0 Å². The summed E-state index contributed by atoms with van der Waals surface area (Å²) in [5, 5.41) is 0. The Balaban J connectivity index is 1.67. The van der Waals surface area contributed by atoms with Crippen LogP contribution in [0, 0.1) is 5.92 Å². The minimum Gasteiger partial charge on any atom is -0.335 e. The molecule has 0 fully saturated rings. The van der Waals surface area contributed by atoms with E-state index in [1.54, 1.807) is 4.90 Å². The number of imidazole rings is 1. The van der Waals surface area contributed by atoms with Crippen LogP contribution >= 0.6 is 0 Å². The molecule has 0 saturated carbocycles. The molecule has 1 aliphatic heterocycles. The maximum Gasteiger partial charge on any atom is 0.254 e. The average molecular weight is 379 g/mol. The van der Waals surface area contributed by atoms with E-state index in [0.717, 1.165) is 23.3 Å². The van der Waals surface area contributed by atoms with Crippen molar-refractivity contribution in [2.45, 2.75) is 46.2 Å². The third-order valence-corrected chi connectivity index (χ3v) is 5.33. The van der Waals surface area contributed by atoms with Gasteiger partial charge in [0.25, 0.3) is 5.56 Å². The van der Waals surface area contributed by atoms with Crippen molar-refractivity contribution >= 4 is 16.9 Å². The monoisotopic (exact) mass is 379 g/mol. The number of carbonyl (C=O) groups excluding carboxylic acids is 1. The van der Waals surface area contributed by atoms with Gasteiger partial charge in [-0.2, -0.15) is 0 Å². The number of carbonyl (C=O) groups is 1. The molecule has 1 atom stereocenters. The molecule has 7 heteroatoms. The van der Waals surface area contributed by atoms with E-state index in [0.29, 0.717) is 36.7 Å². The summed E-state index contributed by atoms with van der Waals surface area (Å²) in [5.41, 5.74) is 3.16. The Labute approximate surface area is 163 Å². The molecule has 146 valence electrons. The second-order valence-electron chi connectivity index (χ2n) is 7.83. The van der Waals surface area contributed by atoms with Crippen molar-refractivity contribution in [1.82, 2.24) is 24.4 Å². The molecule has 3 heterocycles. The fourth-order valence-corrected chi connectivity index (χ4v) is 3.96. The summed E-state index contributed by atoms with van der Waals surface area (Å²) < 4.78 is 2.07. The largest absolute Gasteiger partial charge is 0.335 e. The lowest BCUT2D eigenvalue weighted by molar-refractivity contribution is -0.135. The molecular formula is C21H25N5O2. The highest BCUT2D eigenvalue weighted by Gasteiger charge is 2.29. The first kappa shape index (κ1) is 18.4. The third kappa shape index (κ3) is 3.21. The molecule has 3 aromatic rings. The molecule has 1 aliphatic rings. The van der Waals surface area contributed by atoms with Crippen molar-refractivity contribution in [3.05, 3.63) is 58.0 Å². The molecule has 4 rings (SSSR count). The number of nitrogens with one attached hydrogen (secondary N) is 1. The molecule has 0 aliphatic carbocycles. The summed E-state index contributed by atoms with van der Waals surface area (Å²) in [5.74, 6) is 1.40. The predicted octanol–water partition coefficient (Wildman–Crippen LogP) is 2.46. The predicted molar refractivity (Wildman–Crippen MR) is 107 cm³/mol. The molecule has 7 nitrogen and oxygen atoms in total. The highest BCUT2D eigenvalue weighted by atomic mass is 16.2. The van der Waals surface area contributed by atoms with E-state index in [2.05, 4.69) is 28.4 Å². The van der Waals surface area contributed by atoms with Crippen LogP contribution in [0.25, 0.3) is 11.0 Å². The number of aromatic nitrogens is 4. The Morgan fingerprint density at radius 1 is 1.25 bits per heavy atom. The SMILES string of the molecule is CC(C)Cc1nc2ccccc2n1[C@H](C)C(=O)N1CCc2c(nc[nH]c2=O)C1. The number of amides is 1. The number of para-hydroxylation sites is 2. The highest BCUT2D eigenvalue weighted by Crippen LogP contribution is 2.25. The zero-order chi connectivity index (χ0) is 19.8. The van der Waals surface area contributed by atoms with Crippen LogP contribution in [0.2, 0.25) is 0 Å².